The molecule has 0 aliphatic rings. The molecule has 84 valence electrons. The van der Waals surface area contributed by atoms with Gasteiger partial charge in [0.1, 0.15) is 5.82 Å². The molecule has 0 spiro atoms. The van der Waals surface area contributed by atoms with Crippen molar-refractivity contribution in [2.45, 2.75) is 20.3 Å². The lowest BCUT2D eigenvalue weighted by Crippen LogP contribution is -2.26. The zero-order chi connectivity index (χ0) is 11.8. The van der Waals surface area contributed by atoms with Gasteiger partial charge in [0, 0.05) is 12.6 Å². The first kappa shape index (κ1) is 10.6. The van der Waals surface area contributed by atoms with Crippen LogP contribution in [0, 0.1) is 5.41 Å². The molecule has 0 unspecified atom stereocenters. The Morgan fingerprint density at radius 2 is 2.31 bits per heavy atom. The van der Waals surface area contributed by atoms with Gasteiger partial charge in [-0.2, -0.15) is 0 Å². The normalized spacial score (nSPS) is 11.9. The summed E-state index contributed by atoms with van der Waals surface area (Å²) in [6, 6.07) is 1.79. The number of hydrogen-bond acceptors (Lipinski definition) is 3. The van der Waals surface area contributed by atoms with E-state index in [1.807, 2.05) is 0 Å². The third-order valence-electron chi connectivity index (χ3n) is 2.52. The van der Waals surface area contributed by atoms with E-state index >= 15 is 0 Å². The summed E-state index contributed by atoms with van der Waals surface area (Å²) in [5.74, 6) is -0.151. The van der Waals surface area contributed by atoms with E-state index in [1.54, 1.807) is 32.3 Å². The molecule has 0 amide bonds. The summed E-state index contributed by atoms with van der Waals surface area (Å²) >= 11 is 0. The maximum absolute atomic E-state index is 11.0. The number of carboxylic acid groups (broad SMARTS) is 1. The smallest absolute Gasteiger partial charge is 0.309 e. The number of H-pyrrole nitrogens is 1. The van der Waals surface area contributed by atoms with Crippen LogP contribution in [0.4, 0.5) is 0 Å². The van der Waals surface area contributed by atoms with Crippen molar-refractivity contribution in [1.82, 2.24) is 15.0 Å². The number of rotatable bonds is 3. The fourth-order valence-corrected chi connectivity index (χ4v) is 1.49. The standard InChI is InChI=1S/C11H13N3O2/c1-11(2,10(15)16)5-9-13-7-3-4-12-6-8(7)14-9/h3-4,6H,5H2,1-2H3,(H,13,14)(H,15,16). The predicted molar refractivity (Wildman–Crippen MR) is 59.0 cm³/mol. The molecule has 0 bridgehead atoms. The van der Waals surface area contributed by atoms with Gasteiger partial charge in [-0.05, 0) is 19.9 Å². The van der Waals surface area contributed by atoms with Crippen LogP contribution in [0.15, 0.2) is 18.5 Å². The van der Waals surface area contributed by atoms with E-state index in [9.17, 15) is 4.79 Å². The third kappa shape index (κ3) is 1.88. The molecule has 2 rings (SSSR count). The van der Waals surface area contributed by atoms with Crippen molar-refractivity contribution in [2.24, 2.45) is 5.41 Å². The zero-order valence-corrected chi connectivity index (χ0v) is 9.19. The zero-order valence-electron chi connectivity index (χ0n) is 9.19. The van der Waals surface area contributed by atoms with Crippen molar-refractivity contribution in [3.8, 4) is 0 Å². The van der Waals surface area contributed by atoms with Crippen molar-refractivity contribution < 1.29 is 9.90 Å². The molecule has 5 nitrogen and oxygen atoms in total. The van der Waals surface area contributed by atoms with Crippen LogP contribution in [0.3, 0.4) is 0 Å². The van der Waals surface area contributed by atoms with Crippen LogP contribution < -0.4 is 0 Å². The van der Waals surface area contributed by atoms with Crippen molar-refractivity contribution >= 4 is 17.0 Å². The number of hydrogen-bond donors (Lipinski definition) is 2. The Morgan fingerprint density at radius 3 is 2.94 bits per heavy atom. The van der Waals surface area contributed by atoms with E-state index < -0.39 is 11.4 Å². The Hall–Kier alpha value is -1.91. The molecule has 2 aromatic rings. The average molecular weight is 219 g/mol. The van der Waals surface area contributed by atoms with Gasteiger partial charge in [0.05, 0.1) is 22.6 Å². The fourth-order valence-electron chi connectivity index (χ4n) is 1.49. The maximum atomic E-state index is 11.0. The van der Waals surface area contributed by atoms with Crippen molar-refractivity contribution in [1.29, 1.82) is 0 Å². The summed E-state index contributed by atoms with van der Waals surface area (Å²) < 4.78 is 0. The number of aromatic nitrogens is 3. The van der Waals surface area contributed by atoms with Crippen LogP contribution >= 0.6 is 0 Å². The lowest BCUT2D eigenvalue weighted by atomic mass is 9.89. The second kappa shape index (κ2) is 3.59. The highest BCUT2D eigenvalue weighted by Crippen LogP contribution is 2.21. The van der Waals surface area contributed by atoms with Gasteiger partial charge in [0.2, 0.25) is 0 Å². The predicted octanol–water partition coefficient (Wildman–Crippen LogP) is 1.61. The molecule has 2 N–H and O–H groups in total. The van der Waals surface area contributed by atoms with E-state index in [4.69, 9.17) is 5.11 Å². The number of carbonyl (C=O) groups is 1. The number of aromatic amines is 1. The molecule has 0 atom stereocenters. The first-order valence-electron chi connectivity index (χ1n) is 5.01. The summed E-state index contributed by atoms with van der Waals surface area (Å²) in [6.45, 7) is 3.36. The van der Waals surface area contributed by atoms with Crippen LogP contribution in [-0.2, 0) is 11.2 Å². The molecular weight excluding hydrogens is 206 g/mol. The Labute approximate surface area is 92.5 Å². The monoisotopic (exact) mass is 219 g/mol. The van der Waals surface area contributed by atoms with Gasteiger partial charge in [0.15, 0.2) is 0 Å². The summed E-state index contributed by atoms with van der Waals surface area (Å²) in [4.78, 5) is 22.3. The minimum atomic E-state index is -0.828. The molecule has 0 saturated heterocycles. The number of carboxylic acids is 1. The summed E-state index contributed by atoms with van der Waals surface area (Å²) in [5, 5.41) is 9.02. The fraction of sp³-hybridized carbons (Fsp3) is 0.364. The number of nitrogens with zero attached hydrogens (tertiary/aromatic N) is 2. The number of fused-ring (bicyclic) bond motifs is 1. The Balaban J connectivity index is 2.32. The third-order valence-corrected chi connectivity index (χ3v) is 2.52. The van der Waals surface area contributed by atoms with E-state index in [-0.39, 0.29) is 0 Å². The minimum Gasteiger partial charge on any atom is -0.481 e. The van der Waals surface area contributed by atoms with Crippen LogP contribution in [0.25, 0.3) is 11.0 Å². The lowest BCUT2D eigenvalue weighted by Gasteiger charge is -2.16. The molecular formula is C11H13N3O2. The van der Waals surface area contributed by atoms with Gasteiger partial charge in [0.25, 0.3) is 0 Å². The highest BCUT2D eigenvalue weighted by molar-refractivity contribution is 5.75. The van der Waals surface area contributed by atoms with Crippen molar-refractivity contribution in [3.63, 3.8) is 0 Å². The molecule has 0 fully saturated rings. The molecule has 0 radical (unpaired) electrons. The highest BCUT2D eigenvalue weighted by Gasteiger charge is 2.28. The van der Waals surface area contributed by atoms with Gasteiger partial charge in [-0.15, -0.1) is 0 Å². The highest BCUT2D eigenvalue weighted by atomic mass is 16.4. The van der Waals surface area contributed by atoms with Crippen LogP contribution in [0.2, 0.25) is 0 Å². The lowest BCUT2D eigenvalue weighted by molar-refractivity contribution is -0.146. The Kier molecular flexibility index (Phi) is 2.38. The molecule has 0 aromatic carbocycles. The summed E-state index contributed by atoms with van der Waals surface area (Å²) in [7, 11) is 0. The van der Waals surface area contributed by atoms with Gasteiger partial charge in [-0.25, -0.2) is 4.98 Å². The van der Waals surface area contributed by atoms with Crippen LogP contribution in [0.1, 0.15) is 19.7 Å². The Morgan fingerprint density at radius 1 is 1.56 bits per heavy atom. The number of imidazole rings is 1. The first-order valence-corrected chi connectivity index (χ1v) is 5.01. The van der Waals surface area contributed by atoms with Crippen molar-refractivity contribution in [3.05, 3.63) is 24.3 Å². The molecule has 2 aromatic heterocycles. The van der Waals surface area contributed by atoms with Crippen LogP contribution in [-0.4, -0.2) is 26.0 Å². The van der Waals surface area contributed by atoms with E-state index in [0.29, 0.717) is 12.2 Å². The molecule has 2 heterocycles. The van der Waals surface area contributed by atoms with Gasteiger partial charge in [-0.3, -0.25) is 9.78 Å². The minimum absolute atomic E-state index is 0.372. The maximum Gasteiger partial charge on any atom is 0.309 e. The molecule has 0 saturated carbocycles. The first-order chi connectivity index (χ1) is 7.49. The topological polar surface area (TPSA) is 78.9 Å². The van der Waals surface area contributed by atoms with Crippen molar-refractivity contribution in [2.75, 3.05) is 0 Å². The number of nitrogens with one attached hydrogen (secondary N) is 1. The van der Waals surface area contributed by atoms with Crippen LogP contribution in [0.5, 0.6) is 0 Å². The van der Waals surface area contributed by atoms with Gasteiger partial charge < -0.3 is 10.1 Å². The second-order valence-corrected chi connectivity index (χ2v) is 4.44. The molecule has 0 aliphatic carbocycles. The quantitative estimate of drug-likeness (QED) is 0.822. The molecule has 5 heteroatoms. The summed E-state index contributed by atoms with van der Waals surface area (Å²) in [6.07, 6.45) is 3.71. The van der Waals surface area contributed by atoms with Gasteiger partial charge >= 0.3 is 5.97 Å². The summed E-state index contributed by atoms with van der Waals surface area (Å²) in [5.41, 5.74) is 0.825. The van der Waals surface area contributed by atoms with Gasteiger partial charge in [-0.1, -0.05) is 0 Å². The SMILES string of the molecule is CC(C)(Cc1nc2ccncc2[nH]1)C(=O)O. The van der Waals surface area contributed by atoms with E-state index in [0.717, 1.165) is 11.0 Å². The van der Waals surface area contributed by atoms with E-state index in [2.05, 4.69) is 15.0 Å². The largest absolute Gasteiger partial charge is 0.481 e. The molecule has 16 heavy (non-hydrogen) atoms. The Bertz CT molecular complexity index is 498. The number of aliphatic carboxylic acids is 1. The second-order valence-electron chi connectivity index (χ2n) is 4.44. The number of pyridine rings is 1. The average Bonchev–Trinajstić information content (AvgIpc) is 2.58. The molecule has 0 aliphatic heterocycles. The van der Waals surface area contributed by atoms with E-state index in [1.165, 1.54) is 0 Å².